The molecule has 1 N–H and O–H groups in total. The molecule has 3 rings (SSSR count). The van der Waals surface area contributed by atoms with E-state index in [4.69, 9.17) is 9.84 Å². The number of aromatic carboxylic acids is 1. The zero-order chi connectivity index (χ0) is 19.4. The molecule has 2 aromatic carbocycles. The van der Waals surface area contributed by atoms with Gasteiger partial charge >= 0.3 is 5.97 Å². The third kappa shape index (κ3) is 4.30. The average molecular weight is 366 g/mol. The number of rotatable bonds is 8. The maximum absolute atomic E-state index is 11.2. The molecule has 5 heteroatoms. The minimum absolute atomic E-state index is 0.270. The zero-order valence-corrected chi connectivity index (χ0v) is 16.1. The van der Waals surface area contributed by atoms with Crippen LogP contribution in [-0.2, 0) is 6.54 Å². The largest absolute Gasteiger partial charge is 0.493 e. The second kappa shape index (κ2) is 8.25. The summed E-state index contributed by atoms with van der Waals surface area (Å²) in [5, 5.41) is 14.4. The highest BCUT2D eigenvalue weighted by Gasteiger charge is 2.12. The van der Waals surface area contributed by atoms with E-state index in [0.29, 0.717) is 19.1 Å². The van der Waals surface area contributed by atoms with Crippen LogP contribution in [0.1, 0.15) is 48.2 Å². The van der Waals surface area contributed by atoms with Gasteiger partial charge in [-0.1, -0.05) is 44.4 Å². The number of carboxylic acid groups (broad SMARTS) is 1. The molecule has 0 amide bonds. The molecule has 0 bridgehead atoms. The zero-order valence-electron chi connectivity index (χ0n) is 16.1. The molecular formula is C22H26N2O3. The van der Waals surface area contributed by atoms with Gasteiger partial charge < -0.3 is 9.84 Å². The highest BCUT2D eigenvalue weighted by molar-refractivity contribution is 5.93. The Labute approximate surface area is 159 Å². The van der Waals surface area contributed by atoms with Gasteiger partial charge in [0.1, 0.15) is 5.75 Å². The summed E-state index contributed by atoms with van der Waals surface area (Å²) in [4.78, 5) is 11.2. The van der Waals surface area contributed by atoms with E-state index in [1.807, 2.05) is 16.8 Å². The molecule has 0 radical (unpaired) electrons. The Morgan fingerprint density at radius 1 is 1.19 bits per heavy atom. The van der Waals surface area contributed by atoms with Gasteiger partial charge in [0, 0.05) is 10.9 Å². The maximum atomic E-state index is 11.2. The number of aryl methyl sites for hydroxylation is 1. The van der Waals surface area contributed by atoms with Crippen LogP contribution in [-0.4, -0.2) is 27.5 Å². The molecule has 142 valence electrons. The molecule has 0 unspecified atom stereocenters. The lowest BCUT2D eigenvalue weighted by Gasteiger charge is -2.17. The van der Waals surface area contributed by atoms with E-state index >= 15 is 0 Å². The van der Waals surface area contributed by atoms with Crippen molar-refractivity contribution in [1.82, 2.24) is 9.78 Å². The quantitative estimate of drug-likeness (QED) is 0.615. The van der Waals surface area contributed by atoms with Crippen LogP contribution in [0, 0.1) is 12.8 Å². The Morgan fingerprint density at radius 3 is 2.67 bits per heavy atom. The minimum Gasteiger partial charge on any atom is -0.493 e. The van der Waals surface area contributed by atoms with E-state index in [9.17, 15) is 4.79 Å². The number of carbonyl (C=O) groups is 1. The predicted molar refractivity (Wildman–Crippen MR) is 107 cm³/mol. The summed E-state index contributed by atoms with van der Waals surface area (Å²) in [7, 11) is 0. The molecule has 5 nitrogen and oxygen atoms in total. The van der Waals surface area contributed by atoms with Gasteiger partial charge in [-0.05, 0) is 37.1 Å². The fraction of sp³-hybridized carbons (Fsp3) is 0.364. The van der Waals surface area contributed by atoms with Crippen LogP contribution in [0.2, 0.25) is 0 Å². The summed E-state index contributed by atoms with van der Waals surface area (Å²) in [6.07, 6.45) is 3.92. The number of aromatic nitrogens is 2. The molecule has 0 saturated carbocycles. The molecule has 0 aliphatic rings. The van der Waals surface area contributed by atoms with Gasteiger partial charge in [-0.3, -0.25) is 4.68 Å². The Balaban J connectivity index is 1.87. The van der Waals surface area contributed by atoms with Gasteiger partial charge in [-0.25, -0.2) is 4.79 Å². The topological polar surface area (TPSA) is 64.4 Å². The minimum atomic E-state index is -0.930. The number of benzene rings is 2. The molecule has 0 fully saturated rings. The van der Waals surface area contributed by atoms with Crippen LogP contribution < -0.4 is 4.74 Å². The SMILES string of the molecule is CCC(CC)COc1ccc(C)cc1Cn1ncc2cc(C(=O)O)ccc21. The van der Waals surface area contributed by atoms with Crippen molar-refractivity contribution < 1.29 is 14.6 Å². The molecule has 0 saturated heterocycles. The van der Waals surface area contributed by atoms with E-state index in [1.54, 1.807) is 18.3 Å². The summed E-state index contributed by atoms with van der Waals surface area (Å²) in [6, 6.07) is 11.3. The third-order valence-corrected chi connectivity index (χ3v) is 5.05. The molecule has 27 heavy (non-hydrogen) atoms. The van der Waals surface area contributed by atoms with Crippen molar-refractivity contribution in [2.75, 3.05) is 6.61 Å². The molecule has 0 aliphatic carbocycles. The van der Waals surface area contributed by atoms with Crippen LogP contribution in [0.25, 0.3) is 10.9 Å². The molecule has 0 spiro atoms. The Hall–Kier alpha value is -2.82. The average Bonchev–Trinajstić information content (AvgIpc) is 3.06. The molecule has 0 atom stereocenters. The van der Waals surface area contributed by atoms with Gasteiger partial charge in [-0.15, -0.1) is 0 Å². The number of nitrogens with zero attached hydrogens (tertiary/aromatic N) is 2. The maximum Gasteiger partial charge on any atom is 0.335 e. The first-order valence-electron chi connectivity index (χ1n) is 9.43. The summed E-state index contributed by atoms with van der Waals surface area (Å²) in [5.74, 6) is 0.512. The summed E-state index contributed by atoms with van der Waals surface area (Å²) >= 11 is 0. The van der Waals surface area contributed by atoms with Crippen LogP contribution in [0.15, 0.2) is 42.6 Å². The first-order valence-corrected chi connectivity index (χ1v) is 9.43. The Kier molecular flexibility index (Phi) is 5.79. The fourth-order valence-corrected chi connectivity index (χ4v) is 3.21. The summed E-state index contributed by atoms with van der Waals surface area (Å²) < 4.78 is 8.02. The van der Waals surface area contributed by atoms with E-state index in [2.05, 4.69) is 38.0 Å². The third-order valence-electron chi connectivity index (χ3n) is 5.05. The highest BCUT2D eigenvalue weighted by atomic mass is 16.5. The van der Waals surface area contributed by atoms with Crippen LogP contribution in [0.4, 0.5) is 0 Å². The monoisotopic (exact) mass is 366 g/mol. The van der Waals surface area contributed by atoms with E-state index in [-0.39, 0.29) is 5.56 Å². The van der Waals surface area contributed by atoms with Gasteiger partial charge in [-0.2, -0.15) is 5.10 Å². The van der Waals surface area contributed by atoms with Crippen LogP contribution in [0.5, 0.6) is 5.75 Å². The lowest BCUT2D eigenvalue weighted by atomic mass is 10.1. The van der Waals surface area contributed by atoms with Crippen molar-refractivity contribution in [3.63, 3.8) is 0 Å². The van der Waals surface area contributed by atoms with Crippen molar-refractivity contribution in [2.45, 2.75) is 40.2 Å². The van der Waals surface area contributed by atoms with Crippen LogP contribution >= 0.6 is 0 Å². The standard InChI is InChI=1S/C22H26N2O3/c1-4-16(5-2)14-27-21-9-6-15(3)10-19(21)13-24-20-8-7-17(22(25)26)11-18(20)12-23-24/h6-12,16H,4-5,13-14H2,1-3H3,(H,25,26). The van der Waals surface area contributed by atoms with Gasteiger partial charge in [0.05, 0.1) is 30.4 Å². The molecule has 3 aromatic rings. The lowest BCUT2D eigenvalue weighted by Crippen LogP contribution is -2.12. The van der Waals surface area contributed by atoms with Crippen molar-refractivity contribution in [3.05, 3.63) is 59.3 Å². The van der Waals surface area contributed by atoms with E-state index in [1.165, 1.54) is 5.56 Å². The molecular weight excluding hydrogens is 340 g/mol. The van der Waals surface area contributed by atoms with Crippen LogP contribution in [0.3, 0.4) is 0 Å². The number of hydrogen-bond donors (Lipinski definition) is 1. The predicted octanol–water partition coefficient (Wildman–Crippen LogP) is 4.91. The van der Waals surface area contributed by atoms with E-state index < -0.39 is 5.97 Å². The number of hydrogen-bond acceptors (Lipinski definition) is 3. The normalized spacial score (nSPS) is 11.3. The second-order valence-corrected chi connectivity index (χ2v) is 6.99. The first-order chi connectivity index (χ1) is 13.0. The van der Waals surface area contributed by atoms with Crippen molar-refractivity contribution >= 4 is 16.9 Å². The number of fused-ring (bicyclic) bond motifs is 1. The van der Waals surface area contributed by atoms with Crippen molar-refractivity contribution in [2.24, 2.45) is 5.92 Å². The lowest BCUT2D eigenvalue weighted by molar-refractivity contribution is 0.0697. The number of carboxylic acids is 1. The smallest absolute Gasteiger partial charge is 0.335 e. The molecule has 1 heterocycles. The first kappa shape index (κ1) is 19.0. The van der Waals surface area contributed by atoms with Gasteiger partial charge in [0.2, 0.25) is 0 Å². The highest BCUT2D eigenvalue weighted by Crippen LogP contribution is 2.25. The van der Waals surface area contributed by atoms with Gasteiger partial charge in [0.15, 0.2) is 0 Å². The summed E-state index contributed by atoms with van der Waals surface area (Å²) in [5.41, 5.74) is 3.43. The molecule has 0 aliphatic heterocycles. The molecule has 1 aromatic heterocycles. The fourth-order valence-electron chi connectivity index (χ4n) is 3.21. The summed E-state index contributed by atoms with van der Waals surface area (Å²) in [6.45, 7) is 7.74. The van der Waals surface area contributed by atoms with E-state index in [0.717, 1.165) is 35.1 Å². The Morgan fingerprint density at radius 2 is 1.96 bits per heavy atom. The van der Waals surface area contributed by atoms with Crippen molar-refractivity contribution in [3.8, 4) is 5.75 Å². The van der Waals surface area contributed by atoms with Gasteiger partial charge in [0.25, 0.3) is 0 Å². The number of ether oxygens (including phenoxy) is 1. The second-order valence-electron chi connectivity index (χ2n) is 6.99. The Bertz CT molecular complexity index is 942. The van der Waals surface area contributed by atoms with Crippen molar-refractivity contribution in [1.29, 1.82) is 0 Å².